The molecule has 20 heavy (non-hydrogen) atoms. The highest BCUT2D eigenvalue weighted by Crippen LogP contribution is 2.44. The minimum atomic E-state index is -0.774. The molecule has 0 aliphatic heterocycles. The molecular weight excluding hydrogens is 260 g/mol. The van der Waals surface area contributed by atoms with Crippen LogP contribution in [0.4, 0.5) is 0 Å². The number of hydrogen-bond acceptors (Lipinski definition) is 7. The number of hydrogen-bond donors (Lipinski definition) is 0. The summed E-state index contributed by atoms with van der Waals surface area (Å²) in [6, 6.07) is 0. The molecular formula is C13H14N4O3. The summed E-state index contributed by atoms with van der Waals surface area (Å²) < 4.78 is 10.4. The van der Waals surface area contributed by atoms with Gasteiger partial charge in [0.25, 0.3) is 0 Å². The van der Waals surface area contributed by atoms with Crippen LogP contribution in [0.1, 0.15) is 32.1 Å². The van der Waals surface area contributed by atoms with Gasteiger partial charge in [-0.05, 0) is 19.8 Å². The second-order valence-electron chi connectivity index (χ2n) is 4.67. The van der Waals surface area contributed by atoms with Crippen LogP contribution in [0.2, 0.25) is 0 Å². The number of carbonyl (C=O) groups excluding carboxylic acids is 1. The first-order valence-corrected chi connectivity index (χ1v) is 6.54. The van der Waals surface area contributed by atoms with E-state index in [0.717, 1.165) is 6.42 Å². The fourth-order valence-corrected chi connectivity index (χ4v) is 2.24. The lowest BCUT2D eigenvalue weighted by atomic mass is 9.68. The standard InChI is InChI=1S/C13H14N4O3/c1-2-19-12(18)13(4-3-5-13)11-16-10(17-20-11)9-8-14-6-7-15-9/h6-8H,2-5H2,1H3. The zero-order valence-electron chi connectivity index (χ0n) is 11.1. The van der Waals surface area contributed by atoms with Gasteiger partial charge in [-0.2, -0.15) is 4.98 Å². The number of rotatable bonds is 4. The van der Waals surface area contributed by atoms with Gasteiger partial charge in [-0.25, -0.2) is 4.98 Å². The second-order valence-corrected chi connectivity index (χ2v) is 4.67. The lowest BCUT2D eigenvalue weighted by Crippen LogP contribution is -2.44. The minimum Gasteiger partial charge on any atom is -0.465 e. The molecule has 104 valence electrons. The molecule has 2 heterocycles. The van der Waals surface area contributed by atoms with Crippen LogP contribution in [0, 0.1) is 0 Å². The van der Waals surface area contributed by atoms with Gasteiger partial charge in [0.2, 0.25) is 11.7 Å². The van der Waals surface area contributed by atoms with Crippen molar-refractivity contribution in [3.63, 3.8) is 0 Å². The molecule has 7 heteroatoms. The molecule has 0 spiro atoms. The van der Waals surface area contributed by atoms with Crippen LogP contribution in [-0.4, -0.2) is 32.7 Å². The molecule has 7 nitrogen and oxygen atoms in total. The van der Waals surface area contributed by atoms with Gasteiger partial charge >= 0.3 is 5.97 Å². The Morgan fingerprint density at radius 3 is 2.90 bits per heavy atom. The Hall–Kier alpha value is -2.31. The molecule has 1 aliphatic rings. The minimum absolute atomic E-state index is 0.291. The van der Waals surface area contributed by atoms with E-state index in [0.29, 0.717) is 36.9 Å². The predicted octanol–water partition coefficient (Wildman–Crippen LogP) is 1.51. The van der Waals surface area contributed by atoms with E-state index in [1.54, 1.807) is 25.5 Å². The first-order valence-electron chi connectivity index (χ1n) is 6.54. The van der Waals surface area contributed by atoms with Gasteiger partial charge in [-0.15, -0.1) is 0 Å². The van der Waals surface area contributed by atoms with Gasteiger partial charge in [0.05, 0.1) is 12.8 Å². The van der Waals surface area contributed by atoms with E-state index < -0.39 is 5.41 Å². The SMILES string of the molecule is CCOC(=O)C1(c2nc(-c3cnccn3)no2)CCC1. The Morgan fingerprint density at radius 1 is 1.45 bits per heavy atom. The molecule has 0 atom stereocenters. The van der Waals surface area contributed by atoms with Crippen molar-refractivity contribution in [2.75, 3.05) is 6.61 Å². The summed E-state index contributed by atoms with van der Waals surface area (Å²) in [7, 11) is 0. The summed E-state index contributed by atoms with van der Waals surface area (Å²) in [6.07, 6.45) is 6.96. The maximum absolute atomic E-state index is 12.1. The molecule has 1 fully saturated rings. The molecule has 0 bridgehead atoms. The lowest BCUT2D eigenvalue weighted by Gasteiger charge is -2.35. The first kappa shape index (κ1) is 12.7. The Kier molecular flexibility index (Phi) is 3.17. The number of esters is 1. The Balaban J connectivity index is 1.91. The van der Waals surface area contributed by atoms with Gasteiger partial charge in [0, 0.05) is 12.4 Å². The molecule has 1 aliphatic carbocycles. The zero-order chi connectivity index (χ0) is 14.0. The third-order valence-corrected chi connectivity index (χ3v) is 3.50. The van der Waals surface area contributed by atoms with Crippen LogP contribution in [0.3, 0.4) is 0 Å². The van der Waals surface area contributed by atoms with E-state index in [1.807, 2.05) is 0 Å². The summed E-state index contributed by atoms with van der Waals surface area (Å²) >= 11 is 0. The van der Waals surface area contributed by atoms with Gasteiger partial charge in [0.15, 0.2) is 0 Å². The average molecular weight is 274 g/mol. The molecule has 0 amide bonds. The first-order chi connectivity index (χ1) is 9.76. The fraction of sp³-hybridized carbons (Fsp3) is 0.462. The normalized spacial score (nSPS) is 16.4. The van der Waals surface area contributed by atoms with Gasteiger partial charge in [0.1, 0.15) is 11.1 Å². The van der Waals surface area contributed by atoms with Crippen molar-refractivity contribution in [3.05, 3.63) is 24.5 Å². The van der Waals surface area contributed by atoms with E-state index >= 15 is 0 Å². The average Bonchev–Trinajstić information content (AvgIpc) is 2.89. The Labute approximate surface area is 115 Å². The molecule has 0 aromatic carbocycles. The highest BCUT2D eigenvalue weighted by Gasteiger charge is 2.52. The maximum atomic E-state index is 12.1. The molecule has 2 aromatic heterocycles. The van der Waals surface area contributed by atoms with Crippen molar-refractivity contribution in [1.82, 2.24) is 20.1 Å². The van der Waals surface area contributed by atoms with Crippen molar-refractivity contribution >= 4 is 5.97 Å². The summed E-state index contributed by atoms with van der Waals surface area (Å²) in [5.41, 5.74) is -0.260. The smallest absolute Gasteiger partial charge is 0.321 e. The summed E-state index contributed by atoms with van der Waals surface area (Å²) in [4.78, 5) is 24.5. The lowest BCUT2D eigenvalue weighted by molar-refractivity contribution is -0.155. The van der Waals surface area contributed by atoms with Crippen LogP contribution < -0.4 is 0 Å². The molecule has 0 radical (unpaired) electrons. The van der Waals surface area contributed by atoms with Crippen molar-refractivity contribution < 1.29 is 14.1 Å². The van der Waals surface area contributed by atoms with Crippen molar-refractivity contribution in [2.24, 2.45) is 0 Å². The molecule has 0 N–H and O–H groups in total. The molecule has 3 rings (SSSR count). The van der Waals surface area contributed by atoms with Gasteiger partial charge in [-0.1, -0.05) is 11.6 Å². The van der Waals surface area contributed by atoms with Crippen LogP contribution >= 0.6 is 0 Å². The van der Waals surface area contributed by atoms with E-state index in [1.165, 1.54) is 0 Å². The van der Waals surface area contributed by atoms with E-state index in [4.69, 9.17) is 9.26 Å². The second kappa shape index (κ2) is 4.99. The number of ether oxygens (including phenoxy) is 1. The number of aromatic nitrogens is 4. The number of carbonyl (C=O) groups is 1. The third-order valence-electron chi connectivity index (χ3n) is 3.50. The predicted molar refractivity (Wildman–Crippen MR) is 67.5 cm³/mol. The summed E-state index contributed by atoms with van der Waals surface area (Å²) in [6.45, 7) is 2.12. The monoisotopic (exact) mass is 274 g/mol. The van der Waals surface area contributed by atoms with Crippen molar-refractivity contribution in [2.45, 2.75) is 31.6 Å². The Bertz CT molecular complexity index is 607. The van der Waals surface area contributed by atoms with E-state index in [-0.39, 0.29) is 5.97 Å². The summed E-state index contributed by atoms with van der Waals surface area (Å²) in [5, 5.41) is 3.88. The Morgan fingerprint density at radius 2 is 2.30 bits per heavy atom. The molecule has 0 unspecified atom stereocenters. The van der Waals surface area contributed by atoms with E-state index in [9.17, 15) is 4.79 Å². The van der Waals surface area contributed by atoms with Crippen LogP contribution in [0.5, 0.6) is 0 Å². The maximum Gasteiger partial charge on any atom is 0.321 e. The molecule has 0 saturated heterocycles. The third kappa shape index (κ3) is 1.95. The van der Waals surface area contributed by atoms with Crippen LogP contribution in [0.15, 0.2) is 23.1 Å². The van der Waals surface area contributed by atoms with Gasteiger partial charge in [-0.3, -0.25) is 9.78 Å². The largest absolute Gasteiger partial charge is 0.465 e. The van der Waals surface area contributed by atoms with Gasteiger partial charge < -0.3 is 9.26 Å². The highest BCUT2D eigenvalue weighted by atomic mass is 16.5. The topological polar surface area (TPSA) is 91.0 Å². The zero-order valence-corrected chi connectivity index (χ0v) is 11.1. The summed E-state index contributed by atoms with van der Waals surface area (Å²) in [5.74, 6) is 0.354. The number of nitrogens with zero attached hydrogens (tertiary/aromatic N) is 4. The molecule has 2 aromatic rings. The van der Waals surface area contributed by atoms with E-state index in [2.05, 4.69) is 20.1 Å². The highest BCUT2D eigenvalue weighted by molar-refractivity contribution is 5.83. The van der Waals surface area contributed by atoms with Crippen LogP contribution in [0.25, 0.3) is 11.5 Å². The molecule has 1 saturated carbocycles. The van der Waals surface area contributed by atoms with Crippen molar-refractivity contribution in [1.29, 1.82) is 0 Å². The van der Waals surface area contributed by atoms with Crippen molar-refractivity contribution in [3.8, 4) is 11.5 Å². The van der Waals surface area contributed by atoms with Crippen LogP contribution in [-0.2, 0) is 14.9 Å². The fourth-order valence-electron chi connectivity index (χ4n) is 2.24. The quantitative estimate of drug-likeness (QED) is 0.780.